The monoisotopic (exact) mass is 305 g/mol. The molecule has 0 heterocycles. The highest BCUT2D eigenvalue weighted by atomic mass is 16.4. The van der Waals surface area contributed by atoms with E-state index < -0.39 is 12.0 Å². The van der Waals surface area contributed by atoms with Crippen molar-refractivity contribution in [3.05, 3.63) is 35.9 Å². The summed E-state index contributed by atoms with van der Waals surface area (Å²) in [6.45, 7) is 4.30. The Morgan fingerprint density at radius 1 is 1.00 bits per heavy atom. The molecule has 0 bridgehead atoms. The molecule has 0 aromatic heterocycles. The molecule has 0 saturated carbocycles. The average molecular weight is 305 g/mol. The molecule has 22 heavy (non-hydrogen) atoms. The lowest BCUT2D eigenvalue weighted by Crippen LogP contribution is -2.39. The van der Waals surface area contributed by atoms with Gasteiger partial charge in [-0.1, -0.05) is 82.7 Å². The Morgan fingerprint density at radius 3 is 2.27 bits per heavy atom. The van der Waals surface area contributed by atoms with Gasteiger partial charge in [-0.2, -0.15) is 0 Å². The van der Waals surface area contributed by atoms with Crippen LogP contribution in [0.25, 0.3) is 0 Å². The molecule has 0 spiro atoms. The van der Waals surface area contributed by atoms with Crippen molar-refractivity contribution in [1.29, 1.82) is 0 Å². The third-order valence-corrected chi connectivity index (χ3v) is 4.10. The third kappa shape index (κ3) is 7.08. The van der Waals surface area contributed by atoms with Gasteiger partial charge in [-0.15, -0.1) is 0 Å². The molecule has 124 valence electrons. The number of hydrogen-bond acceptors (Lipinski definition) is 2. The first-order chi connectivity index (χ1) is 10.7. The summed E-state index contributed by atoms with van der Waals surface area (Å²) in [5, 5.41) is 12.8. The first kappa shape index (κ1) is 18.7. The highest BCUT2D eigenvalue weighted by Crippen LogP contribution is 2.21. The molecule has 0 aliphatic heterocycles. The van der Waals surface area contributed by atoms with Crippen LogP contribution in [0.1, 0.15) is 76.8 Å². The van der Waals surface area contributed by atoms with Gasteiger partial charge in [0.05, 0.1) is 0 Å². The fraction of sp³-hybridized carbons (Fsp3) is 0.632. The van der Waals surface area contributed by atoms with Crippen LogP contribution in [0.3, 0.4) is 0 Å². The zero-order valence-electron chi connectivity index (χ0n) is 14.1. The summed E-state index contributed by atoms with van der Waals surface area (Å²) < 4.78 is 0. The van der Waals surface area contributed by atoms with Crippen LogP contribution in [0.15, 0.2) is 30.3 Å². The summed E-state index contributed by atoms with van der Waals surface area (Å²) in [5.74, 6) is -0.733. The largest absolute Gasteiger partial charge is 0.480 e. The Balaban J connectivity index is 2.68. The maximum atomic E-state index is 11.5. The van der Waals surface area contributed by atoms with Crippen molar-refractivity contribution < 1.29 is 9.90 Å². The smallest absolute Gasteiger partial charge is 0.320 e. The quantitative estimate of drug-likeness (QED) is 0.538. The van der Waals surface area contributed by atoms with Gasteiger partial charge in [-0.25, -0.2) is 0 Å². The van der Waals surface area contributed by atoms with Crippen LogP contribution >= 0.6 is 0 Å². The van der Waals surface area contributed by atoms with E-state index in [2.05, 4.69) is 31.3 Å². The van der Waals surface area contributed by atoms with E-state index in [9.17, 15) is 9.90 Å². The predicted molar refractivity (Wildman–Crippen MR) is 92.0 cm³/mol. The van der Waals surface area contributed by atoms with Crippen molar-refractivity contribution >= 4 is 5.97 Å². The molecule has 0 aliphatic carbocycles. The molecule has 2 unspecified atom stereocenters. The number of rotatable bonds is 12. The molecule has 0 saturated heterocycles. The molecule has 2 N–H and O–H groups in total. The zero-order chi connectivity index (χ0) is 16.2. The van der Waals surface area contributed by atoms with E-state index in [4.69, 9.17) is 0 Å². The summed E-state index contributed by atoms with van der Waals surface area (Å²) in [4.78, 5) is 11.5. The molecule has 0 radical (unpaired) electrons. The van der Waals surface area contributed by atoms with Gasteiger partial charge in [-0.05, 0) is 18.4 Å². The SMILES string of the molecule is CCCCCCC(NC(CCCC)C(=O)O)c1ccccc1. The van der Waals surface area contributed by atoms with Crippen LogP contribution in [0.2, 0.25) is 0 Å². The summed E-state index contributed by atoms with van der Waals surface area (Å²) >= 11 is 0. The van der Waals surface area contributed by atoms with Crippen molar-refractivity contribution in [2.24, 2.45) is 0 Å². The van der Waals surface area contributed by atoms with Crippen LogP contribution < -0.4 is 5.32 Å². The molecular formula is C19H31NO2. The number of benzene rings is 1. The van der Waals surface area contributed by atoms with Crippen LogP contribution in [0, 0.1) is 0 Å². The Hall–Kier alpha value is -1.35. The van der Waals surface area contributed by atoms with Crippen LogP contribution in [-0.2, 0) is 4.79 Å². The van der Waals surface area contributed by atoms with Gasteiger partial charge in [-0.3, -0.25) is 10.1 Å². The van der Waals surface area contributed by atoms with Crippen molar-refractivity contribution in [2.75, 3.05) is 0 Å². The van der Waals surface area contributed by atoms with E-state index in [-0.39, 0.29) is 6.04 Å². The molecule has 2 atom stereocenters. The molecule has 3 nitrogen and oxygen atoms in total. The fourth-order valence-electron chi connectivity index (χ4n) is 2.74. The molecule has 3 heteroatoms. The highest BCUT2D eigenvalue weighted by Gasteiger charge is 2.21. The maximum Gasteiger partial charge on any atom is 0.320 e. The lowest BCUT2D eigenvalue weighted by molar-refractivity contribution is -0.140. The Kier molecular flexibility index (Phi) is 9.56. The molecule has 0 fully saturated rings. The summed E-state index contributed by atoms with van der Waals surface area (Å²) in [5.41, 5.74) is 1.20. The van der Waals surface area contributed by atoms with Crippen molar-refractivity contribution in [2.45, 2.75) is 77.3 Å². The second-order valence-electron chi connectivity index (χ2n) is 6.01. The molecule has 0 aliphatic rings. The number of carbonyl (C=O) groups is 1. The van der Waals surface area contributed by atoms with Gasteiger partial charge in [0.25, 0.3) is 0 Å². The molecule has 0 amide bonds. The fourth-order valence-corrected chi connectivity index (χ4v) is 2.74. The molecule has 1 rings (SSSR count). The predicted octanol–water partition coefficient (Wildman–Crippen LogP) is 4.93. The lowest BCUT2D eigenvalue weighted by atomic mass is 9.98. The first-order valence-corrected chi connectivity index (χ1v) is 8.72. The standard InChI is InChI=1S/C19H31NO2/c1-3-5-7-11-15-17(16-12-9-8-10-13-16)20-18(19(21)22)14-6-4-2/h8-10,12-13,17-18,20H,3-7,11,14-15H2,1-2H3,(H,21,22). The molecular weight excluding hydrogens is 274 g/mol. The minimum Gasteiger partial charge on any atom is -0.480 e. The summed E-state index contributed by atoms with van der Waals surface area (Å²) in [6, 6.07) is 9.93. The number of carboxylic acids is 1. The van der Waals surface area contributed by atoms with Gasteiger partial charge in [0.1, 0.15) is 6.04 Å². The summed E-state index contributed by atoms with van der Waals surface area (Å²) in [6.07, 6.45) is 8.50. The van der Waals surface area contributed by atoms with Gasteiger partial charge in [0.15, 0.2) is 0 Å². The Bertz CT molecular complexity index is 405. The number of hydrogen-bond donors (Lipinski definition) is 2. The normalized spacial score (nSPS) is 13.7. The molecule has 1 aromatic carbocycles. The van der Waals surface area contributed by atoms with E-state index in [1.165, 1.54) is 24.8 Å². The topological polar surface area (TPSA) is 49.3 Å². The second kappa shape index (κ2) is 11.2. The van der Waals surface area contributed by atoms with Gasteiger partial charge in [0.2, 0.25) is 0 Å². The van der Waals surface area contributed by atoms with Crippen molar-refractivity contribution in [1.82, 2.24) is 5.32 Å². The highest BCUT2D eigenvalue weighted by molar-refractivity contribution is 5.73. The summed E-state index contributed by atoms with van der Waals surface area (Å²) in [7, 11) is 0. The minimum absolute atomic E-state index is 0.135. The maximum absolute atomic E-state index is 11.5. The van der Waals surface area contributed by atoms with Crippen molar-refractivity contribution in [3.63, 3.8) is 0 Å². The number of nitrogens with one attached hydrogen (secondary N) is 1. The van der Waals surface area contributed by atoms with E-state index in [0.717, 1.165) is 25.7 Å². The van der Waals surface area contributed by atoms with E-state index in [1.807, 2.05) is 18.2 Å². The number of unbranched alkanes of at least 4 members (excludes halogenated alkanes) is 4. The Morgan fingerprint density at radius 2 is 1.68 bits per heavy atom. The lowest BCUT2D eigenvalue weighted by Gasteiger charge is -2.24. The number of aliphatic carboxylic acids is 1. The second-order valence-corrected chi connectivity index (χ2v) is 6.01. The third-order valence-electron chi connectivity index (χ3n) is 4.10. The van der Waals surface area contributed by atoms with Gasteiger partial charge in [0, 0.05) is 6.04 Å². The number of carboxylic acid groups (broad SMARTS) is 1. The van der Waals surface area contributed by atoms with Crippen LogP contribution in [0.4, 0.5) is 0 Å². The first-order valence-electron chi connectivity index (χ1n) is 8.72. The van der Waals surface area contributed by atoms with Gasteiger partial charge >= 0.3 is 5.97 Å². The zero-order valence-corrected chi connectivity index (χ0v) is 14.1. The molecule has 1 aromatic rings. The van der Waals surface area contributed by atoms with Crippen LogP contribution in [-0.4, -0.2) is 17.1 Å². The van der Waals surface area contributed by atoms with E-state index in [0.29, 0.717) is 6.42 Å². The van der Waals surface area contributed by atoms with E-state index >= 15 is 0 Å². The average Bonchev–Trinajstić information content (AvgIpc) is 2.54. The van der Waals surface area contributed by atoms with Crippen molar-refractivity contribution in [3.8, 4) is 0 Å². The van der Waals surface area contributed by atoms with Gasteiger partial charge < -0.3 is 5.11 Å². The minimum atomic E-state index is -0.733. The Labute approximate surface area is 135 Å². The van der Waals surface area contributed by atoms with Crippen LogP contribution in [0.5, 0.6) is 0 Å². The van der Waals surface area contributed by atoms with E-state index in [1.54, 1.807) is 0 Å².